The molecule has 32 heavy (non-hydrogen) atoms. The normalized spacial score (nSPS) is 23.9. The maximum Gasteiger partial charge on any atom is 0.226 e. The van der Waals surface area contributed by atoms with Crippen molar-refractivity contribution in [2.75, 3.05) is 12.8 Å². The molecule has 0 radical (unpaired) electrons. The number of rotatable bonds is 5. The summed E-state index contributed by atoms with van der Waals surface area (Å²) in [5.74, 6) is 0.0966. The Bertz CT molecular complexity index is 1100. The molecule has 2 aromatic rings. The van der Waals surface area contributed by atoms with E-state index in [1.165, 1.54) is 27.1 Å². The van der Waals surface area contributed by atoms with Gasteiger partial charge in [0.05, 0.1) is 11.6 Å². The molecular weight excluding hydrogens is 420 g/mol. The Balaban J connectivity index is 1.31. The molecule has 1 aromatic heterocycles. The molecule has 5 rings (SSSR count). The van der Waals surface area contributed by atoms with Gasteiger partial charge < -0.3 is 15.2 Å². The van der Waals surface area contributed by atoms with E-state index < -0.39 is 5.54 Å². The molecule has 2 aliphatic carbocycles. The second-order valence-electron chi connectivity index (χ2n) is 9.57. The fourth-order valence-corrected chi connectivity index (χ4v) is 6.11. The zero-order valence-corrected chi connectivity index (χ0v) is 19.4. The van der Waals surface area contributed by atoms with Gasteiger partial charge in [0.1, 0.15) is 5.54 Å². The monoisotopic (exact) mass is 450 g/mol. The number of hydrogen-bond acceptors (Lipinski definition) is 4. The number of fused-ring (bicyclic) bond motifs is 3. The van der Waals surface area contributed by atoms with E-state index in [1.54, 1.807) is 11.8 Å². The third-order valence-electron chi connectivity index (χ3n) is 7.52. The van der Waals surface area contributed by atoms with Gasteiger partial charge in [0.25, 0.3) is 0 Å². The SMILES string of the molecule is CSc1cccc2c3c([nH]c12)CCN(C(=O)[C@@H]1CCCC[C@@H]1CC(=O)NC1(C#N)CC1)C3. The molecule has 2 amide bonds. The number of carbonyl (C=O) groups is 2. The van der Waals surface area contributed by atoms with Crippen molar-refractivity contribution < 1.29 is 9.59 Å². The van der Waals surface area contributed by atoms with Crippen LogP contribution in [0, 0.1) is 23.2 Å². The molecule has 1 aromatic carbocycles. The summed E-state index contributed by atoms with van der Waals surface area (Å²) in [5, 5.41) is 13.4. The number of aromatic amines is 1. The van der Waals surface area contributed by atoms with Crippen LogP contribution in [0.25, 0.3) is 10.9 Å². The van der Waals surface area contributed by atoms with E-state index in [4.69, 9.17) is 0 Å². The molecule has 7 heteroatoms. The molecule has 3 aliphatic rings. The molecule has 2 saturated carbocycles. The lowest BCUT2D eigenvalue weighted by molar-refractivity contribution is -0.140. The van der Waals surface area contributed by atoms with E-state index >= 15 is 0 Å². The maximum atomic E-state index is 13.6. The number of carbonyl (C=O) groups excluding carboxylic acids is 2. The van der Waals surface area contributed by atoms with Crippen molar-refractivity contribution in [1.82, 2.24) is 15.2 Å². The lowest BCUT2D eigenvalue weighted by atomic mass is 9.76. The first kappa shape index (κ1) is 21.4. The summed E-state index contributed by atoms with van der Waals surface area (Å²) >= 11 is 1.74. The smallest absolute Gasteiger partial charge is 0.226 e. The zero-order chi connectivity index (χ0) is 22.3. The van der Waals surface area contributed by atoms with Gasteiger partial charge in [0, 0.05) is 53.4 Å². The number of thioether (sulfide) groups is 1. The molecule has 2 atom stereocenters. The van der Waals surface area contributed by atoms with Gasteiger partial charge in [-0.15, -0.1) is 11.8 Å². The minimum absolute atomic E-state index is 0.0678. The lowest BCUT2D eigenvalue weighted by Crippen LogP contribution is -2.44. The number of benzene rings is 1. The Morgan fingerprint density at radius 2 is 2.12 bits per heavy atom. The van der Waals surface area contributed by atoms with Crippen molar-refractivity contribution in [3.63, 3.8) is 0 Å². The number of aromatic nitrogens is 1. The van der Waals surface area contributed by atoms with Crippen molar-refractivity contribution in [2.45, 2.75) is 68.3 Å². The first-order valence-corrected chi connectivity index (χ1v) is 12.9. The number of nitriles is 1. The summed E-state index contributed by atoms with van der Waals surface area (Å²) in [6.07, 6.45) is 8.62. The average Bonchev–Trinajstić information content (AvgIpc) is 3.48. The van der Waals surface area contributed by atoms with Crippen molar-refractivity contribution in [1.29, 1.82) is 5.26 Å². The predicted octanol–water partition coefficient (Wildman–Crippen LogP) is 4.14. The van der Waals surface area contributed by atoms with Crippen molar-refractivity contribution >= 4 is 34.5 Å². The van der Waals surface area contributed by atoms with Crippen LogP contribution in [0.4, 0.5) is 0 Å². The lowest BCUT2D eigenvalue weighted by Gasteiger charge is -2.36. The molecule has 0 unspecified atom stereocenters. The number of hydrogen-bond donors (Lipinski definition) is 2. The minimum atomic E-state index is -0.639. The van der Waals surface area contributed by atoms with E-state index in [9.17, 15) is 14.9 Å². The molecule has 0 saturated heterocycles. The van der Waals surface area contributed by atoms with Crippen LogP contribution in [0.2, 0.25) is 0 Å². The van der Waals surface area contributed by atoms with E-state index in [0.29, 0.717) is 13.0 Å². The van der Waals surface area contributed by atoms with Gasteiger partial charge in [0.2, 0.25) is 11.8 Å². The number of para-hydroxylation sites is 1. The zero-order valence-electron chi connectivity index (χ0n) is 18.6. The highest BCUT2D eigenvalue weighted by atomic mass is 32.2. The third-order valence-corrected chi connectivity index (χ3v) is 8.30. The van der Waals surface area contributed by atoms with Gasteiger partial charge in [-0.3, -0.25) is 9.59 Å². The van der Waals surface area contributed by atoms with Crippen LogP contribution < -0.4 is 5.32 Å². The molecule has 0 spiro atoms. The largest absolute Gasteiger partial charge is 0.357 e. The summed E-state index contributed by atoms with van der Waals surface area (Å²) in [5.41, 5.74) is 3.03. The van der Waals surface area contributed by atoms with Crippen molar-refractivity contribution in [3.05, 3.63) is 29.5 Å². The van der Waals surface area contributed by atoms with Gasteiger partial charge in [-0.1, -0.05) is 25.0 Å². The number of nitrogens with zero attached hydrogens (tertiary/aromatic N) is 2. The van der Waals surface area contributed by atoms with Gasteiger partial charge in [-0.25, -0.2) is 0 Å². The third kappa shape index (κ3) is 3.90. The van der Waals surface area contributed by atoms with E-state index in [0.717, 1.165) is 51.5 Å². The number of nitrogens with one attached hydrogen (secondary N) is 2. The van der Waals surface area contributed by atoms with Crippen LogP contribution in [0.15, 0.2) is 23.1 Å². The van der Waals surface area contributed by atoms with E-state index in [2.05, 4.69) is 40.8 Å². The van der Waals surface area contributed by atoms with E-state index in [-0.39, 0.29) is 23.7 Å². The Morgan fingerprint density at radius 3 is 2.88 bits per heavy atom. The fourth-order valence-electron chi connectivity index (χ4n) is 5.53. The summed E-state index contributed by atoms with van der Waals surface area (Å²) in [4.78, 5) is 33.1. The molecule has 168 valence electrons. The first-order valence-electron chi connectivity index (χ1n) is 11.7. The topological polar surface area (TPSA) is 89.0 Å². The van der Waals surface area contributed by atoms with Crippen LogP contribution >= 0.6 is 11.8 Å². The van der Waals surface area contributed by atoms with Crippen LogP contribution in [-0.2, 0) is 22.6 Å². The van der Waals surface area contributed by atoms with Crippen molar-refractivity contribution in [2.24, 2.45) is 11.8 Å². The summed E-state index contributed by atoms with van der Waals surface area (Å²) < 4.78 is 0. The van der Waals surface area contributed by atoms with Crippen LogP contribution in [-0.4, -0.2) is 40.0 Å². The summed E-state index contributed by atoms with van der Waals surface area (Å²) in [6.45, 7) is 1.36. The van der Waals surface area contributed by atoms with Crippen molar-refractivity contribution in [3.8, 4) is 6.07 Å². The Morgan fingerprint density at radius 1 is 1.31 bits per heavy atom. The Kier molecular flexibility index (Phi) is 5.66. The van der Waals surface area contributed by atoms with Gasteiger partial charge in [-0.2, -0.15) is 5.26 Å². The minimum Gasteiger partial charge on any atom is -0.357 e. The Hall–Kier alpha value is -2.46. The predicted molar refractivity (Wildman–Crippen MR) is 125 cm³/mol. The maximum absolute atomic E-state index is 13.6. The second kappa shape index (κ2) is 8.47. The standard InChI is InChI=1S/C25H30N4O2S/c1-32-21-8-4-7-18-19-14-29(12-9-20(19)27-23(18)21)24(31)17-6-3-2-5-16(17)13-22(30)28-25(15-26)10-11-25/h4,7-8,16-17,27H,2-3,5-6,9-14H2,1H3,(H,28,30)/t16-,17-/m1/s1. The highest BCUT2D eigenvalue weighted by molar-refractivity contribution is 7.98. The highest BCUT2D eigenvalue weighted by Gasteiger charge is 2.45. The fraction of sp³-hybridized carbons (Fsp3) is 0.560. The molecule has 2 N–H and O–H groups in total. The number of H-pyrrole nitrogens is 1. The molecule has 2 fully saturated rings. The molecular formula is C25H30N4O2S. The highest BCUT2D eigenvalue weighted by Crippen LogP contribution is 2.38. The average molecular weight is 451 g/mol. The molecule has 2 heterocycles. The van der Waals surface area contributed by atoms with Crippen LogP contribution in [0.1, 0.15) is 56.2 Å². The quantitative estimate of drug-likeness (QED) is 0.670. The van der Waals surface area contributed by atoms with Crippen LogP contribution in [0.3, 0.4) is 0 Å². The first-order chi connectivity index (χ1) is 15.5. The summed E-state index contributed by atoms with van der Waals surface area (Å²) in [7, 11) is 0. The molecule has 6 nitrogen and oxygen atoms in total. The van der Waals surface area contributed by atoms with Crippen LogP contribution in [0.5, 0.6) is 0 Å². The molecule has 1 aliphatic heterocycles. The Labute approximate surface area is 193 Å². The molecule has 0 bridgehead atoms. The summed E-state index contributed by atoms with van der Waals surface area (Å²) in [6, 6.07) is 8.59. The van der Waals surface area contributed by atoms with Gasteiger partial charge in [0.15, 0.2) is 0 Å². The van der Waals surface area contributed by atoms with E-state index in [1.807, 2.05) is 4.90 Å². The number of amides is 2. The van der Waals surface area contributed by atoms with Gasteiger partial charge in [-0.05, 0) is 43.9 Å². The second-order valence-corrected chi connectivity index (χ2v) is 10.4. The van der Waals surface area contributed by atoms with Gasteiger partial charge >= 0.3 is 0 Å².